The molecule has 1 fully saturated rings. The molecule has 1 unspecified atom stereocenters. The molecular weight excluding hydrogens is 494 g/mol. The van der Waals surface area contributed by atoms with Crippen molar-refractivity contribution in [2.24, 2.45) is 0 Å². The maximum atomic E-state index is 12.8. The number of rotatable bonds is 11. The Morgan fingerprint density at radius 3 is 2.17 bits per heavy atom. The second-order valence-corrected chi connectivity index (χ2v) is 12.2. The Labute approximate surface area is 206 Å². The monoisotopic (exact) mass is 525 g/mol. The van der Waals surface area contributed by atoms with Crippen molar-refractivity contribution in [3.8, 4) is 5.75 Å². The number of sulfonamides is 1. The standard InChI is InChI=1S/C23H31N3O7S2/c1-32-23(27)22(25-12-14-26(15-13-25)34(2,28)29)16-24-18-35(30,31)21-10-8-20(9-11-21)33-17-19-6-4-3-5-7-19/h3-11,22,24H,12-18H2,1-2H3. The van der Waals surface area contributed by atoms with Gasteiger partial charge < -0.3 is 14.8 Å². The molecular formula is C23H31N3O7S2. The van der Waals surface area contributed by atoms with Gasteiger partial charge in [-0.25, -0.2) is 16.8 Å². The number of sulfone groups is 1. The highest BCUT2D eigenvalue weighted by Crippen LogP contribution is 2.18. The first kappa shape index (κ1) is 27.1. The quantitative estimate of drug-likeness (QED) is 0.423. The summed E-state index contributed by atoms with van der Waals surface area (Å²) in [4.78, 5) is 14.2. The average molecular weight is 526 g/mol. The highest BCUT2D eigenvalue weighted by Gasteiger charge is 2.32. The van der Waals surface area contributed by atoms with Crippen LogP contribution in [0.2, 0.25) is 0 Å². The van der Waals surface area contributed by atoms with E-state index in [-0.39, 0.29) is 30.4 Å². The minimum absolute atomic E-state index is 0.0447. The van der Waals surface area contributed by atoms with Crippen LogP contribution in [0.5, 0.6) is 5.75 Å². The molecule has 0 aromatic heterocycles. The Morgan fingerprint density at radius 1 is 0.971 bits per heavy atom. The van der Waals surface area contributed by atoms with E-state index >= 15 is 0 Å². The molecule has 1 saturated heterocycles. The second kappa shape index (κ2) is 12.0. The molecule has 2 aromatic carbocycles. The third kappa shape index (κ3) is 7.74. The van der Waals surface area contributed by atoms with E-state index in [4.69, 9.17) is 9.47 Å². The van der Waals surface area contributed by atoms with Crippen LogP contribution >= 0.6 is 0 Å². The molecule has 35 heavy (non-hydrogen) atoms. The Balaban J connectivity index is 1.54. The van der Waals surface area contributed by atoms with Crippen molar-refractivity contribution < 1.29 is 31.1 Å². The second-order valence-electron chi connectivity index (χ2n) is 8.20. The molecule has 0 saturated carbocycles. The van der Waals surface area contributed by atoms with Gasteiger partial charge in [-0.2, -0.15) is 4.31 Å². The summed E-state index contributed by atoms with van der Waals surface area (Å²) in [6, 6.07) is 15.1. The number of nitrogens with one attached hydrogen (secondary N) is 1. The van der Waals surface area contributed by atoms with Crippen LogP contribution in [0.25, 0.3) is 0 Å². The van der Waals surface area contributed by atoms with Crippen molar-refractivity contribution in [2.45, 2.75) is 17.5 Å². The predicted molar refractivity (Wildman–Crippen MR) is 131 cm³/mol. The van der Waals surface area contributed by atoms with Crippen LogP contribution in [0.4, 0.5) is 0 Å². The predicted octanol–water partition coefficient (Wildman–Crippen LogP) is 0.705. The van der Waals surface area contributed by atoms with Gasteiger partial charge in [0.25, 0.3) is 0 Å². The molecule has 12 heteroatoms. The fraction of sp³-hybridized carbons (Fsp3) is 0.435. The Morgan fingerprint density at radius 2 is 1.60 bits per heavy atom. The number of ether oxygens (including phenoxy) is 2. The fourth-order valence-electron chi connectivity index (χ4n) is 3.74. The van der Waals surface area contributed by atoms with Gasteiger partial charge in [0, 0.05) is 32.7 Å². The van der Waals surface area contributed by atoms with Crippen LogP contribution in [0.15, 0.2) is 59.5 Å². The molecule has 10 nitrogen and oxygen atoms in total. The summed E-state index contributed by atoms with van der Waals surface area (Å²) in [7, 11) is -5.69. The first-order chi connectivity index (χ1) is 16.6. The van der Waals surface area contributed by atoms with Crippen LogP contribution in [-0.4, -0.2) is 90.0 Å². The largest absolute Gasteiger partial charge is 0.489 e. The molecule has 0 radical (unpaired) electrons. The van der Waals surface area contributed by atoms with E-state index in [1.165, 1.54) is 23.5 Å². The van der Waals surface area contributed by atoms with Gasteiger partial charge in [0.2, 0.25) is 10.0 Å². The fourth-order valence-corrected chi connectivity index (χ4v) is 5.67. The molecule has 0 amide bonds. The summed E-state index contributed by atoms with van der Waals surface area (Å²) >= 11 is 0. The lowest BCUT2D eigenvalue weighted by atomic mass is 10.2. The number of benzene rings is 2. The smallest absolute Gasteiger partial charge is 0.324 e. The molecule has 192 valence electrons. The normalized spacial score (nSPS) is 16.5. The van der Waals surface area contributed by atoms with E-state index in [1.807, 2.05) is 30.3 Å². The number of nitrogens with zero attached hydrogens (tertiary/aromatic N) is 2. The summed E-state index contributed by atoms with van der Waals surface area (Å²) in [5.74, 6) is -0.323. The van der Waals surface area contributed by atoms with Crippen molar-refractivity contribution >= 4 is 25.8 Å². The topological polar surface area (TPSA) is 122 Å². The maximum absolute atomic E-state index is 12.8. The van der Waals surface area contributed by atoms with Crippen LogP contribution < -0.4 is 10.1 Å². The first-order valence-corrected chi connectivity index (χ1v) is 14.6. The van der Waals surface area contributed by atoms with E-state index in [9.17, 15) is 21.6 Å². The van der Waals surface area contributed by atoms with Crippen LogP contribution in [0.1, 0.15) is 5.56 Å². The Bertz CT molecular complexity index is 1180. The van der Waals surface area contributed by atoms with Crippen LogP contribution in [0, 0.1) is 0 Å². The van der Waals surface area contributed by atoms with Crippen LogP contribution in [0.3, 0.4) is 0 Å². The van der Waals surface area contributed by atoms with Crippen LogP contribution in [-0.2, 0) is 36.0 Å². The maximum Gasteiger partial charge on any atom is 0.324 e. The van der Waals surface area contributed by atoms with Crippen molar-refractivity contribution in [2.75, 3.05) is 52.0 Å². The molecule has 1 atom stereocenters. The number of piperazine rings is 1. The van der Waals surface area contributed by atoms with Crippen molar-refractivity contribution in [1.29, 1.82) is 0 Å². The molecule has 1 aliphatic heterocycles. The minimum Gasteiger partial charge on any atom is -0.489 e. The van der Waals surface area contributed by atoms with Crippen molar-refractivity contribution in [3.05, 3.63) is 60.2 Å². The average Bonchev–Trinajstić information content (AvgIpc) is 2.85. The van der Waals surface area contributed by atoms with Gasteiger partial charge >= 0.3 is 5.97 Å². The first-order valence-electron chi connectivity index (χ1n) is 11.1. The minimum atomic E-state index is -3.66. The molecule has 0 aliphatic carbocycles. The van der Waals surface area contributed by atoms with Gasteiger partial charge in [-0.1, -0.05) is 30.3 Å². The van der Waals surface area contributed by atoms with E-state index in [0.717, 1.165) is 11.8 Å². The Hall–Kier alpha value is -2.51. The van der Waals surface area contributed by atoms with Gasteiger partial charge in [0.1, 0.15) is 24.3 Å². The van der Waals surface area contributed by atoms with E-state index < -0.39 is 31.9 Å². The Kier molecular flexibility index (Phi) is 9.25. The van der Waals surface area contributed by atoms with Gasteiger partial charge in [-0.15, -0.1) is 0 Å². The molecule has 1 aliphatic rings. The summed E-state index contributed by atoms with van der Waals surface area (Å²) in [6.07, 6.45) is 1.15. The van der Waals surface area contributed by atoms with E-state index in [0.29, 0.717) is 25.4 Å². The zero-order chi connectivity index (χ0) is 25.5. The van der Waals surface area contributed by atoms with Gasteiger partial charge in [-0.05, 0) is 29.8 Å². The number of carbonyl (C=O) groups excluding carboxylic acids is 1. The van der Waals surface area contributed by atoms with E-state index in [2.05, 4.69) is 5.32 Å². The summed E-state index contributed by atoms with van der Waals surface area (Å²) in [5, 5.41) is 2.85. The third-order valence-electron chi connectivity index (χ3n) is 5.72. The zero-order valence-electron chi connectivity index (χ0n) is 19.8. The SMILES string of the molecule is COC(=O)C(CNCS(=O)(=O)c1ccc(OCc2ccccc2)cc1)N1CCN(S(C)(=O)=O)CC1. The molecule has 2 aromatic rings. The highest BCUT2D eigenvalue weighted by atomic mass is 32.2. The number of hydrogen-bond donors (Lipinski definition) is 1. The summed E-state index contributed by atoms with van der Waals surface area (Å²) < 4.78 is 60.9. The molecule has 3 rings (SSSR count). The lowest BCUT2D eigenvalue weighted by molar-refractivity contribution is -0.147. The van der Waals surface area contributed by atoms with E-state index in [1.54, 1.807) is 17.0 Å². The zero-order valence-corrected chi connectivity index (χ0v) is 21.4. The molecule has 0 spiro atoms. The van der Waals surface area contributed by atoms with Crippen molar-refractivity contribution in [1.82, 2.24) is 14.5 Å². The number of hydrogen-bond acceptors (Lipinski definition) is 9. The number of methoxy groups -OCH3 is 1. The van der Waals surface area contributed by atoms with Crippen molar-refractivity contribution in [3.63, 3.8) is 0 Å². The molecule has 0 bridgehead atoms. The lowest BCUT2D eigenvalue weighted by Gasteiger charge is -2.37. The van der Waals surface area contributed by atoms with Gasteiger partial charge in [0.15, 0.2) is 9.84 Å². The number of esters is 1. The lowest BCUT2D eigenvalue weighted by Crippen LogP contribution is -2.56. The number of carbonyl (C=O) groups is 1. The summed E-state index contributed by atoms with van der Waals surface area (Å²) in [5.41, 5.74) is 1.01. The highest BCUT2D eigenvalue weighted by molar-refractivity contribution is 7.91. The van der Waals surface area contributed by atoms with Gasteiger partial charge in [0.05, 0.1) is 18.3 Å². The molecule has 1 heterocycles. The molecule has 1 N–H and O–H groups in total. The summed E-state index contributed by atoms with van der Waals surface area (Å²) in [6.45, 7) is 1.61. The van der Waals surface area contributed by atoms with Gasteiger partial charge in [-0.3, -0.25) is 9.69 Å². The third-order valence-corrected chi connectivity index (χ3v) is 8.59.